The third-order valence-electron chi connectivity index (χ3n) is 5.54. The summed E-state index contributed by atoms with van der Waals surface area (Å²) in [5, 5.41) is 6.28. The Morgan fingerprint density at radius 2 is 1.74 bits per heavy atom. The van der Waals surface area contributed by atoms with E-state index < -0.39 is 0 Å². The lowest BCUT2D eigenvalue weighted by atomic mass is 10.2. The van der Waals surface area contributed by atoms with Crippen molar-refractivity contribution in [3.05, 3.63) is 78.0 Å². The topological polar surface area (TPSA) is 103 Å². The highest BCUT2D eigenvalue weighted by Crippen LogP contribution is 2.24. The molecule has 9 heteroatoms. The van der Waals surface area contributed by atoms with E-state index in [2.05, 4.69) is 44.3 Å². The molecule has 0 bridgehead atoms. The molecule has 3 aromatic heterocycles. The molecular formula is C25H29N7O2. The Labute approximate surface area is 199 Å². The molecule has 0 spiro atoms. The standard InChI is InChI=1S/C25H29N7O2/c1-18(2)30-21-4-3-9-27-23(21)31-12-14-32(15-13-31)25(34)22-6-5-20(17-28-22)24(33)29-16-19-7-10-26-11-8-19/h3-11,17-18,30H,12-16H2,1-2H3,(H,29,33). The van der Waals surface area contributed by atoms with Gasteiger partial charge in [0.2, 0.25) is 0 Å². The van der Waals surface area contributed by atoms with Crippen molar-refractivity contribution in [3.8, 4) is 0 Å². The van der Waals surface area contributed by atoms with Crippen LogP contribution < -0.4 is 15.5 Å². The van der Waals surface area contributed by atoms with Gasteiger partial charge in [0.05, 0.1) is 11.3 Å². The van der Waals surface area contributed by atoms with Crippen LogP contribution in [0.1, 0.15) is 40.3 Å². The van der Waals surface area contributed by atoms with E-state index in [0.29, 0.717) is 50.0 Å². The minimum absolute atomic E-state index is 0.134. The number of anilines is 2. The number of carbonyl (C=O) groups is 2. The fraction of sp³-hybridized carbons (Fsp3) is 0.320. The van der Waals surface area contributed by atoms with Gasteiger partial charge in [-0.05, 0) is 55.8 Å². The number of rotatable bonds is 7. The number of amides is 2. The lowest BCUT2D eigenvalue weighted by Gasteiger charge is -2.36. The van der Waals surface area contributed by atoms with E-state index in [0.717, 1.165) is 17.1 Å². The monoisotopic (exact) mass is 459 g/mol. The van der Waals surface area contributed by atoms with Crippen LogP contribution in [0.15, 0.2) is 61.2 Å². The fourth-order valence-corrected chi connectivity index (χ4v) is 3.80. The van der Waals surface area contributed by atoms with E-state index in [4.69, 9.17) is 0 Å². The number of piperazine rings is 1. The summed E-state index contributed by atoms with van der Waals surface area (Å²) >= 11 is 0. The lowest BCUT2D eigenvalue weighted by molar-refractivity contribution is 0.0740. The van der Waals surface area contributed by atoms with Crippen molar-refractivity contribution in [2.75, 3.05) is 36.4 Å². The van der Waals surface area contributed by atoms with Gasteiger partial charge in [-0.1, -0.05) is 0 Å². The van der Waals surface area contributed by atoms with Gasteiger partial charge in [-0.3, -0.25) is 19.6 Å². The van der Waals surface area contributed by atoms with Gasteiger partial charge in [-0.2, -0.15) is 0 Å². The van der Waals surface area contributed by atoms with Gasteiger partial charge in [0, 0.05) is 63.6 Å². The summed E-state index contributed by atoms with van der Waals surface area (Å²) in [5.41, 5.74) is 2.70. The number of aromatic nitrogens is 3. The van der Waals surface area contributed by atoms with E-state index in [1.54, 1.807) is 35.6 Å². The van der Waals surface area contributed by atoms with Crippen LogP contribution in [0.2, 0.25) is 0 Å². The molecule has 0 aromatic carbocycles. The summed E-state index contributed by atoms with van der Waals surface area (Å²) in [5.74, 6) is 0.534. The van der Waals surface area contributed by atoms with Crippen molar-refractivity contribution in [1.82, 2.24) is 25.2 Å². The maximum Gasteiger partial charge on any atom is 0.272 e. The van der Waals surface area contributed by atoms with Crippen LogP contribution in [0.5, 0.6) is 0 Å². The number of pyridine rings is 3. The molecule has 0 unspecified atom stereocenters. The van der Waals surface area contributed by atoms with Crippen molar-refractivity contribution >= 4 is 23.3 Å². The molecule has 2 N–H and O–H groups in total. The highest BCUT2D eigenvalue weighted by atomic mass is 16.2. The minimum atomic E-state index is -0.238. The van der Waals surface area contributed by atoms with Gasteiger partial charge in [0.25, 0.3) is 11.8 Å². The summed E-state index contributed by atoms with van der Waals surface area (Å²) in [6, 6.07) is 11.2. The number of carbonyl (C=O) groups excluding carboxylic acids is 2. The molecule has 1 aliphatic rings. The molecule has 1 aliphatic heterocycles. The van der Waals surface area contributed by atoms with Gasteiger partial charge >= 0.3 is 0 Å². The zero-order chi connectivity index (χ0) is 23.9. The highest BCUT2D eigenvalue weighted by Gasteiger charge is 2.25. The largest absolute Gasteiger partial charge is 0.380 e. The number of nitrogens with zero attached hydrogens (tertiary/aromatic N) is 5. The third-order valence-corrected chi connectivity index (χ3v) is 5.54. The van der Waals surface area contributed by atoms with Gasteiger partial charge < -0.3 is 20.4 Å². The zero-order valence-electron chi connectivity index (χ0n) is 19.4. The third kappa shape index (κ3) is 5.67. The molecule has 9 nitrogen and oxygen atoms in total. The first kappa shape index (κ1) is 23.2. The molecule has 0 radical (unpaired) electrons. The average Bonchev–Trinajstić information content (AvgIpc) is 2.88. The second kappa shape index (κ2) is 10.7. The van der Waals surface area contributed by atoms with Gasteiger partial charge in [0.15, 0.2) is 5.82 Å². The highest BCUT2D eigenvalue weighted by molar-refractivity contribution is 5.96. The molecule has 4 rings (SSSR count). The molecule has 0 atom stereocenters. The summed E-state index contributed by atoms with van der Waals surface area (Å²) in [6.45, 7) is 7.11. The van der Waals surface area contributed by atoms with Gasteiger partial charge in [-0.25, -0.2) is 4.98 Å². The smallest absolute Gasteiger partial charge is 0.272 e. The summed E-state index contributed by atoms with van der Waals surface area (Å²) in [6.07, 6.45) is 6.60. The van der Waals surface area contributed by atoms with E-state index in [9.17, 15) is 9.59 Å². The van der Waals surface area contributed by atoms with Crippen LogP contribution >= 0.6 is 0 Å². The molecule has 34 heavy (non-hydrogen) atoms. The second-order valence-electron chi connectivity index (χ2n) is 8.42. The molecule has 3 aromatic rings. The first-order valence-electron chi connectivity index (χ1n) is 11.4. The number of hydrogen-bond donors (Lipinski definition) is 2. The Kier molecular flexibility index (Phi) is 7.31. The Morgan fingerprint density at radius 1 is 0.971 bits per heavy atom. The van der Waals surface area contributed by atoms with E-state index in [1.165, 1.54) is 6.20 Å². The van der Waals surface area contributed by atoms with Gasteiger partial charge in [0.1, 0.15) is 5.69 Å². The van der Waals surface area contributed by atoms with Crippen molar-refractivity contribution in [2.45, 2.75) is 26.4 Å². The van der Waals surface area contributed by atoms with E-state index >= 15 is 0 Å². The lowest BCUT2D eigenvalue weighted by Crippen LogP contribution is -2.49. The van der Waals surface area contributed by atoms with Crippen molar-refractivity contribution < 1.29 is 9.59 Å². The minimum Gasteiger partial charge on any atom is -0.380 e. The molecule has 0 aliphatic carbocycles. The number of hydrogen-bond acceptors (Lipinski definition) is 7. The second-order valence-corrected chi connectivity index (χ2v) is 8.42. The molecular weight excluding hydrogens is 430 g/mol. The molecule has 1 fully saturated rings. The molecule has 176 valence electrons. The molecule has 4 heterocycles. The SMILES string of the molecule is CC(C)Nc1cccnc1N1CCN(C(=O)c2ccc(C(=O)NCc3ccncc3)cn2)CC1. The fourth-order valence-electron chi connectivity index (χ4n) is 3.80. The Balaban J connectivity index is 1.32. The van der Waals surface area contributed by atoms with Crippen LogP contribution in [0.4, 0.5) is 11.5 Å². The van der Waals surface area contributed by atoms with E-state index in [1.807, 2.05) is 24.3 Å². The maximum absolute atomic E-state index is 13.0. The zero-order valence-corrected chi connectivity index (χ0v) is 19.4. The van der Waals surface area contributed by atoms with Crippen molar-refractivity contribution in [2.24, 2.45) is 0 Å². The molecule has 1 saturated heterocycles. The quantitative estimate of drug-likeness (QED) is 0.560. The van der Waals surface area contributed by atoms with E-state index in [-0.39, 0.29) is 11.8 Å². The summed E-state index contributed by atoms with van der Waals surface area (Å²) in [4.78, 5) is 42.1. The van der Waals surface area contributed by atoms with Crippen molar-refractivity contribution in [3.63, 3.8) is 0 Å². The maximum atomic E-state index is 13.0. The molecule has 2 amide bonds. The Morgan fingerprint density at radius 3 is 2.41 bits per heavy atom. The van der Waals surface area contributed by atoms with Crippen LogP contribution in [0.3, 0.4) is 0 Å². The Hall–Kier alpha value is -4.01. The number of nitrogens with one attached hydrogen (secondary N) is 2. The first-order valence-corrected chi connectivity index (χ1v) is 11.4. The summed E-state index contributed by atoms with van der Waals surface area (Å²) in [7, 11) is 0. The Bertz CT molecular complexity index is 1110. The van der Waals surface area contributed by atoms with Gasteiger partial charge in [-0.15, -0.1) is 0 Å². The normalized spacial score (nSPS) is 13.6. The predicted molar refractivity (Wildman–Crippen MR) is 131 cm³/mol. The van der Waals surface area contributed by atoms with Crippen LogP contribution in [0, 0.1) is 0 Å². The van der Waals surface area contributed by atoms with Crippen LogP contribution in [-0.4, -0.2) is 63.9 Å². The van der Waals surface area contributed by atoms with Crippen LogP contribution in [0.25, 0.3) is 0 Å². The molecule has 0 saturated carbocycles. The summed E-state index contributed by atoms with van der Waals surface area (Å²) < 4.78 is 0. The van der Waals surface area contributed by atoms with Crippen LogP contribution in [-0.2, 0) is 6.54 Å². The predicted octanol–water partition coefficient (Wildman–Crippen LogP) is 2.58. The van der Waals surface area contributed by atoms with Crippen molar-refractivity contribution in [1.29, 1.82) is 0 Å². The average molecular weight is 460 g/mol. The first-order chi connectivity index (χ1) is 16.5.